The number of pyridine rings is 1. The summed E-state index contributed by atoms with van der Waals surface area (Å²) in [5, 5.41) is 0.633. The van der Waals surface area contributed by atoms with Crippen LogP contribution in [0.25, 0.3) is 10.2 Å². The highest BCUT2D eigenvalue weighted by Gasteiger charge is 2.24. The molecule has 0 aliphatic rings. The summed E-state index contributed by atoms with van der Waals surface area (Å²) in [6, 6.07) is 15.0. The van der Waals surface area contributed by atoms with Crippen LogP contribution in [0.15, 0.2) is 54.7 Å². The number of nitrogens with zero attached hydrogens (tertiary/aromatic N) is 3. The van der Waals surface area contributed by atoms with Gasteiger partial charge >= 0.3 is 0 Å². The first-order valence-corrected chi connectivity index (χ1v) is 10.6. The van der Waals surface area contributed by atoms with Gasteiger partial charge in [0.05, 0.1) is 36.7 Å². The topological polar surface area (TPSA) is 64.5 Å². The number of methoxy groups -OCH3 is 2. The fraction of sp³-hybridized carbons (Fsp3) is 0.208. The molecule has 2 heterocycles. The van der Waals surface area contributed by atoms with E-state index in [1.54, 1.807) is 43.5 Å². The highest BCUT2D eigenvalue weighted by Crippen LogP contribution is 2.34. The van der Waals surface area contributed by atoms with E-state index in [1.807, 2.05) is 18.2 Å². The van der Waals surface area contributed by atoms with E-state index in [9.17, 15) is 4.79 Å². The van der Waals surface area contributed by atoms with Crippen LogP contribution in [0.1, 0.15) is 27.2 Å². The molecule has 0 N–H and O–H groups in total. The van der Waals surface area contributed by atoms with Gasteiger partial charge in [0.1, 0.15) is 0 Å². The Bertz CT molecular complexity index is 1240. The van der Waals surface area contributed by atoms with Gasteiger partial charge in [0.25, 0.3) is 5.91 Å². The van der Waals surface area contributed by atoms with E-state index in [1.165, 1.54) is 16.9 Å². The molecule has 4 aromatic rings. The number of amides is 1. The lowest BCUT2D eigenvalue weighted by molar-refractivity contribution is 0.0984. The van der Waals surface area contributed by atoms with Gasteiger partial charge in [-0.3, -0.25) is 14.7 Å². The van der Waals surface area contributed by atoms with Crippen molar-refractivity contribution in [2.75, 3.05) is 19.1 Å². The molecule has 0 atom stereocenters. The van der Waals surface area contributed by atoms with Crippen LogP contribution in [0.4, 0.5) is 5.13 Å². The Morgan fingerprint density at radius 2 is 1.84 bits per heavy atom. The van der Waals surface area contributed by atoms with Gasteiger partial charge in [0.15, 0.2) is 16.6 Å². The molecule has 31 heavy (non-hydrogen) atoms. The summed E-state index contributed by atoms with van der Waals surface area (Å²) in [7, 11) is 3.12. The van der Waals surface area contributed by atoms with E-state index in [2.05, 4.69) is 31.0 Å². The Morgan fingerprint density at radius 1 is 1.03 bits per heavy atom. The van der Waals surface area contributed by atoms with Crippen molar-refractivity contribution in [3.05, 3.63) is 77.1 Å². The van der Waals surface area contributed by atoms with Crippen molar-refractivity contribution in [3.8, 4) is 11.5 Å². The molecule has 4 rings (SSSR count). The second kappa shape index (κ2) is 8.73. The molecule has 6 nitrogen and oxygen atoms in total. The third-order valence-corrected chi connectivity index (χ3v) is 6.27. The molecule has 1 amide bonds. The molecule has 0 aliphatic carbocycles. The minimum absolute atomic E-state index is 0.181. The number of hydrogen-bond donors (Lipinski definition) is 0. The summed E-state index contributed by atoms with van der Waals surface area (Å²) < 4.78 is 11.7. The number of benzene rings is 2. The smallest absolute Gasteiger partial charge is 0.260 e. The van der Waals surface area contributed by atoms with Gasteiger partial charge in [-0.25, -0.2) is 4.98 Å². The minimum atomic E-state index is -0.181. The summed E-state index contributed by atoms with van der Waals surface area (Å²) in [5.41, 5.74) is 4.48. The summed E-state index contributed by atoms with van der Waals surface area (Å²) in [4.78, 5) is 24.5. The van der Waals surface area contributed by atoms with Crippen LogP contribution < -0.4 is 14.4 Å². The van der Waals surface area contributed by atoms with E-state index in [0.29, 0.717) is 28.7 Å². The predicted octanol–water partition coefficient (Wildman–Crippen LogP) is 5.17. The van der Waals surface area contributed by atoms with Crippen LogP contribution in [0.3, 0.4) is 0 Å². The van der Waals surface area contributed by atoms with Crippen molar-refractivity contribution in [2.45, 2.75) is 20.4 Å². The van der Waals surface area contributed by atoms with Crippen LogP contribution in [0, 0.1) is 13.8 Å². The van der Waals surface area contributed by atoms with E-state index < -0.39 is 0 Å². The lowest BCUT2D eigenvalue weighted by Gasteiger charge is -2.20. The minimum Gasteiger partial charge on any atom is -0.493 e. The van der Waals surface area contributed by atoms with Crippen LogP contribution >= 0.6 is 11.3 Å². The zero-order valence-corrected chi connectivity index (χ0v) is 18.7. The Kier molecular flexibility index (Phi) is 5.86. The van der Waals surface area contributed by atoms with E-state index in [0.717, 1.165) is 21.5 Å². The average Bonchev–Trinajstić information content (AvgIpc) is 3.24. The van der Waals surface area contributed by atoms with Crippen molar-refractivity contribution >= 4 is 32.6 Å². The molecule has 7 heteroatoms. The molecule has 0 saturated carbocycles. The van der Waals surface area contributed by atoms with Crippen LogP contribution in [0.5, 0.6) is 11.5 Å². The van der Waals surface area contributed by atoms with Crippen molar-refractivity contribution in [1.29, 1.82) is 0 Å². The predicted molar refractivity (Wildman–Crippen MR) is 123 cm³/mol. The highest BCUT2D eigenvalue weighted by molar-refractivity contribution is 7.22. The monoisotopic (exact) mass is 433 g/mol. The number of thiazole rings is 1. The first-order chi connectivity index (χ1) is 15.0. The molecule has 0 saturated heterocycles. The molecule has 0 unspecified atom stereocenters. The number of hydrogen-bond acceptors (Lipinski definition) is 6. The molecule has 0 bridgehead atoms. The van der Waals surface area contributed by atoms with E-state index in [4.69, 9.17) is 14.5 Å². The van der Waals surface area contributed by atoms with Crippen molar-refractivity contribution in [3.63, 3.8) is 0 Å². The summed E-state index contributed by atoms with van der Waals surface area (Å²) in [6.45, 7) is 4.43. The average molecular weight is 434 g/mol. The normalized spacial score (nSPS) is 10.8. The number of carbonyl (C=O) groups excluding carboxylic acids is 1. The van der Waals surface area contributed by atoms with Crippen molar-refractivity contribution in [2.24, 2.45) is 0 Å². The standard InChI is InChI=1S/C24H23N3O3S/c1-15-8-11-21-22(16(15)2)26-24(31-21)27(14-18-7-5-6-12-25-18)23(28)17-9-10-19(29-3)20(13-17)30-4/h5-13H,14H2,1-4H3. The molecular formula is C24H23N3O3S. The van der Waals surface area contributed by atoms with Crippen molar-refractivity contribution < 1.29 is 14.3 Å². The second-order valence-corrected chi connectivity index (χ2v) is 8.14. The number of aryl methyl sites for hydroxylation is 2. The van der Waals surface area contributed by atoms with E-state index in [-0.39, 0.29) is 5.91 Å². The lowest BCUT2D eigenvalue weighted by atomic mass is 10.1. The van der Waals surface area contributed by atoms with E-state index >= 15 is 0 Å². The zero-order chi connectivity index (χ0) is 22.0. The van der Waals surface area contributed by atoms with Gasteiger partial charge in [-0.1, -0.05) is 23.5 Å². The largest absolute Gasteiger partial charge is 0.493 e. The number of fused-ring (bicyclic) bond motifs is 1. The van der Waals surface area contributed by atoms with Gasteiger partial charge in [0.2, 0.25) is 0 Å². The maximum atomic E-state index is 13.6. The van der Waals surface area contributed by atoms with Gasteiger partial charge in [-0.15, -0.1) is 0 Å². The molecule has 0 spiro atoms. The number of carbonyl (C=O) groups is 1. The Labute approximate surface area is 185 Å². The number of aromatic nitrogens is 2. The highest BCUT2D eigenvalue weighted by atomic mass is 32.1. The van der Waals surface area contributed by atoms with Crippen molar-refractivity contribution in [1.82, 2.24) is 9.97 Å². The fourth-order valence-electron chi connectivity index (χ4n) is 3.33. The Hall–Kier alpha value is -3.45. The SMILES string of the molecule is COc1ccc(C(=O)N(Cc2ccccn2)c2nc3c(C)c(C)ccc3s2)cc1OC. The Morgan fingerprint density at radius 3 is 2.55 bits per heavy atom. The maximum absolute atomic E-state index is 13.6. The van der Waals surface area contributed by atoms with Crippen LogP contribution in [-0.2, 0) is 6.54 Å². The molecular weight excluding hydrogens is 410 g/mol. The summed E-state index contributed by atoms with van der Waals surface area (Å²) in [6.07, 6.45) is 1.72. The summed E-state index contributed by atoms with van der Waals surface area (Å²) >= 11 is 1.50. The van der Waals surface area contributed by atoms with Gasteiger partial charge in [0, 0.05) is 11.8 Å². The number of ether oxygens (including phenoxy) is 2. The molecule has 0 fully saturated rings. The number of anilines is 1. The molecule has 158 valence electrons. The second-order valence-electron chi connectivity index (χ2n) is 7.13. The lowest BCUT2D eigenvalue weighted by Crippen LogP contribution is -2.30. The quantitative estimate of drug-likeness (QED) is 0.420. The molecule has 2 aromatic heterocycles. The third kappa shape index (κ3) is 4.09. The maximum Gasteiger partial charge on any atom is 0.260 e. The van der Waals surface area contributed by atoms with Gasteiger partial charge in [-0.05, 0) is 61.4 Å². The first kappa shape index (κ1) is 20.8. The third-order valence-electron chi connectivity index (χ3n) is 5.23. The Balaban J connectivity index is 1.80. The molecule has 0 radical (unpaired) electrons. The summed E-state index contributed by atoms with van der Waals surface area (Å²) in [5.74, 6) is 0.892. The van der Waals surface area contributed by atoms with Gasteiger partial charge in [-0.2, -0.15) is 0 Å². The van der Waals surface area contributed by atoms with Crippen LogP contribution in [-0.4, -0.2) is 30.1 Å². The number of rotatable bonds is 6. The van der Waals surface area contributed by atoms with Crippen LogP contribution in [0.2, 0.25) is 0 Å². The van der Waals surface area contributed by atoms with Gasteiger partial charge < -0.3 is 9.47 Å². The first-order valence-electron chi connectivity index (χ1n) is 9.82. The fourth-order valence-corrected chi connectivity index (χ4v) is 4.36. The molecule has 0 aliphatic heterocycles. The molecule has 2 aromatic carbocycles. The zero-order valence-electron chi connectivity index (χ0n) is 17.9.